The van der Waals surface area contributed by atoms with Crippen molar-refractivity contribution in [3.8, 4) is 5.75 Å². The molecule has 124 valence electrons. The van der Waals surface area contributed by atoms with Gasteiger partial charge in [0.1, 0.15) is 5.75 Å². The van der Waals surface area contributed by atoms with Crippen LogP contribution in [0.1, 0.15) is 20.3 Å². The normalized spacial score (nSPS) is 21.6. The Morgan fingerprint density at radius 2 is 2.09 bits per heavy atom. The standard InChI is InChI=1S/C17H23N3O3/c1-12-10-19(11-13(2)23-12)17(21)6-7-20-16-5-4-15(22-3)8-14(16)9-18-20/h4-5,8-9,12-13H,6-7,10-11H2,1-3H3. The third-order valence-electron chi connectivity index (χ3n) is 4.16. The molecule has 0 spiro atoms. The van der Waals surface area contributed by atoms with Gasteiger partial charge in [-0.1, -0.05) is 0 Å². The van der Waals surface area contributed by atoms with Crippen molar-refractivity contribution in [1.82, 2.24) is 14.7 Å². The molecule has 2 unspecified atom stereocenters. The fourth-order valence-corrected chi connectivity index (χ4v) is 3.11. The Kier molecular flexibility index (Phi) is 4.52. The van der Waals surface area contributed by atoms with Gasteiger partial charge in [0, 0.05) is 24.9 Å². The van der Waals surface area contributed by atoms with E-state index in [1.807, 2.05) is 41.6 Å². The summed E-state index contributed by atoms with van der Waals surface area (Å²) in [5.74, 6) is 0.966. The summed E-state index contributed by atoms with van der Waals surface area (Å²) in [6.07, 6.45) is 2.45. The van der Waals surface area contributed by atoms with Crippen LogP contribution in [0.25, 0.3) is 10.9 Å². The minimum atomic E-state index is 0.0979. The summed E-state index contributed by atoms with van der Waals surface area (Å²) in [5, 5.41) is 5.40. The van der Waals surface area contributed by atoms with Crippen LogP contribution in [-0.2, 0) is 16.1 Å². The molecule has 2 aromatic rings. The van der Waals surface area contributed by atoms with Crippen LogP contribution in [-0.4, -0.2) is 53.0 Å². The smallest absolute Gasteiger partial charge is 0.224 e. The van der Waals surface area contributed by atoms with Gasteiger partial charge in [0.25, 0.3) is 0 Å². The predicted octanol–water partition coefficient (Wildman–Crippen LogP) is 2.07. The van der Waals surface area contributed by atoms with E-state index >= 15 is 0 Å². The number of fused-ring (bicyclic) bond motifs is 1. The number of rotatable bonds is 4. The molecule has 0 aliphatic carbocycles. The quantitative estimate of drug-likeness (QED) is 0.866. The van der Waals surface area contributed by atoms with Gasteiger partial charge < -0.3 is 14.4 Å². The third-order valence-corrected chi connectivity index (χ3v) is 4.16. The number of hydrogen-bond donors (Lipinski definition) is 0. The molecule has 0 radical (unpaired) electrons. The molecule has 0 bridgehead atoms. The molecule has 1 aromatic heterocycles. The first-order valence-electron chi connectivity index (χ1n) is 7.99. The van der Waals surface area contributed by atoms with Crippen LogP contribution >= 0.6 is 0 Å². The van der Waals surface area contributed by atoms with Crippen LogP contribution in [0.4, 0.5) is 0 Å². The third kappa shape index (κ3) is 3.47. The van der Waals surface area contributed by atoms with Crippen molar-refractivity contribution in [2.45, 2.75) is 39.0 Å². The van der Waals surface area contributed by atoms with Gasteiger partial charge in [-0.3, -0.25) is 9.48 Å². The van der Waals surface area contributed by atoms with Gasteiger partial charge in [-0.2, -0.15) is 5.10 Å². The zero-order valence-corrected chi connectivity index (χ0v) is 13.9. The van der Waals surface area contributed by atoms with Gasteiger partial charge in [-0.05, 0) is 32.0 Å². The molecular weight excluding hydrogens is 294 g/mol. The molecule has 1 aliphatic rings. The SMILES string of the molecule is COc1ccc2c(cnn2CCC(=O)N2CC(C)OC(C)C2)c1. The minimum absolute atomic E-state index is 0.0979. The van der Waals surface area contributed by atoms with Crippen molar-refractivity contribution >= 4 is 16.8 Å². The summed E-state index contributed by atoms with van der Waals surface area (Å²) in [7, 11) is 1.65. The minimum Gasteiger partial charge on any atom is -0.497 e. The first-order valence-corrected chi connectivity index (χ1v) is 7.99. The van der Waals surface area contributed by atoms with Crippen LogP contribution in [0.15, 0.2) is 24.4 Å². The molecule has 2 heterocycles. The van der Waals surface area contributed by atoms with Crippen LogP contribution in [0.5, 0.6) is 5.75 Å². The van der Waals surface area contributed by atoms with Crippen molar-refractivity contribution in [2.24, 2.45) is 0 Å². The van der Waals surface area contributed by atoms with E-state index in [0.717, 1.165) is 16.7 Å². The molecule has 1 aromatic carbocycles. The van der Waals surface area contributed by atoms with E-state index in [2.05, 4.69) is 5.10 Å². The van der Waals surface area contributed by atoms with E-state index in [1.165, 1.54) is 0 Å². The zero-order valence-electron chi connectivity index (χ0n) is 13.9. The van der Waals surface area contributed by atoms with E-state index in [1.54, 1.807) is 13.3 Å². The number of methoxy groups -OCH3 is 1. The molecule has 0 N–H and O–H groups in total. The maximum absolute atomic E-state index is 12.4. The van der Waals surface area contributed by atoms with Crippen molar-refractivity contribution in [1.29, 1.82) is 0 Å². The number of benzene rings is 1. The number of ether oxygens (including phenoxy) is 2. The molecular formula is C17H23N3O3. The second-order valence-electron chi connectivity index (χ2n) is 6.10. The Labute approximate surface area is 136 Å². The van der Waals surface area contributed by atoms with Crippen molar-refractivity contribution in [3.05, 3.63) is 24.4 Å². The number of carbonyl (C=O) groups is 1. The number of amides is 1. The highest BCUT2D eigenvalue weighted by atomic mass is 16.5. The summed E-state index contributed by atoms with van der Waals surface area (Å²) < 4.78 is 12.8. The van der Waals surface area contributed by atoms with Crippen molar-refractivity contribution < 1.29 is 14.3 Å². The zero-order chi connectivity index (χ0) is 16.4. The van der Waals surface area contributed by atoms with Gasteiger partial charge in [0.05, 0.1) is 37.6 Å². The van der Waals surface area contributed by atoms with Gasteiger partial charge >= 0.3 is 0 Å². The lowest BCUT2D eigenvalue weighted by Crippen LogP contribution is -2.48. The summed E-state index contributed by atoms with van der Waals surface area (Å²) in [4.78, 5) is 14.3. The summed E-state index contributed by atoms with van der Waals surface area (Å²) in [6, 6.07) is 5.84. The lowest BCUT2D eigenvalue weighted by atomic mass is 10.2. The maximum atomic E-state index is 12.4. The number of aromatic nitrogens is 2. The van der Waals surface area contributed by atoms with Crippen molar-refractivity contribution in [2.75, 3.05) is 20.2 Å². The molecule has 1 amide bonds. The summed E-state index contributed by atoms with van der Waals surface area (Å²) in [5.41, 5.74) is 1.02. The fraction of sp³-hybridized carbons (Fsp3) is 0.529. The lowest BCUT2D eigenvalue weighted by molar-refractivity contribution is -0.143. The largest absolute Gasteiger partial charge is 0.497 e. The highest BCUT2D eigenvalue weighted by molar-refractivity contribution is 5.81. The first-order chi connectivity index (χ1) is 11.1. The van der Waals surface area contributed by atoms with Gasteiger partial charge in [-0.25, -0.2) is 0 Å². The molecule has 2 atom stereocenters. The molecule has 1 saturated heterocycles. The van der Waals surface area contributed by atoms with E-state index in [0.29, 0.717) is 26.1 Å². The average molecular weight is 317 g/mol. The molecule has 23 heavy (non-hydrogen) atoms. The average Bonchev–Trinajstić information content (AvgIpc) is 2.93. The van der Waals surface area contributed by atoms with E-state index < -0.39 is 0 Å². The number of hydrogen-bond acceptors (Lipinski definition) is 4. The topological polar surface area (TPSA) is 56.6 Å². The molecule has 6 heteroatoms. The Hall–Kier alpha value is -2.08. The highest BCUT2D eigenvalue weighted by Crippen LogP contribution is 2.21. The number of aryl methyl sites for hydroxylation is 1. The number of carbonyl (C=O) groups excluding carboxylic acids is 1. The monoisotopic (exact) mass is 317 g/mol. The molecule has 6 nitrogen and oxygen atoms in total. The van der Waals surface area contributed by atoms with E-state index in [4.69, 9.17) is 9.47 Å². The van der Waals surface area contributed by atoms with Crippen molar-refractivity contribution in [3.63, 3.8) is 0 Å². The highest BCUT2D eigenvalue weighted by Gasteiger charge is 2.25. The molecule has 1 aliphatic heterocycles. The van der Waals surface area contributed by atoms with E-state index in [-0.39, 0.29) is 18.1 Å². The van der Waals surface area contributed by atoms with Gasteiger partial charge in [0.15, 0.2) is 0 Å². The second-order valence-corrected chi connectivity index (χ2v) is 6.10. The Morgan fingerprint density at radius 1 is 1.35 bits per heavy atom. The molecule has 3 rings (SSSR count). The maximum Gasteiger partial charge on any atom is 0.224 e. The Bertz CT molecular complexity index is 687. The van der Waals surface area contributed by atoms with Crippen LogP contribution in [0.2, 0.25) is 0 Å². The lowest BCUT2D eigenvalue weighted by Gasteiger charge is -2.35. The fourth-order valence-electron chi connectivity index (χ4n) is 3.11. The van der Waals surface area contributed by atoms with Crippen LogP contribution in [0.3, 0.4) is 0 Å². The molecule has 1 fully saturated rings. The first kappa shape index (κ1) is 15.8. The summed E-state index contributed by atoms with van der Waals surface area (Å²) in [6.45, 7) is 5.92. The predicted molar refractivity (Wildman–Crippen MR) is 87.5 cm³/mol. The second kappa shape index (κ2) is 6.58. The molecule has 0 saturated carbocycles. The Morgan fingerprint density at radius 3 is 2.78 bits per heavy atom. The number of morpholine rings is 1. The number of nitrogens with zero attached hydrogens (tertiary/aromatic N) is 3. The van der Waals surface area contributed by atoms with Crippen LogP contribution < -0.4 is 4.74 Å². The summed E-state index contributed by atoms with van der Waals surface area (Å²) >= 11 is 0. The Balaban J connectivity index is 1.65. The van der Waals surface area contributed by atoms with Crippen LogP contribution in [0, 0.1) is 0 Å². The van der Waals surface area contributed by atoms with Gasteiger partial charge in [-0.15, -0.1) is 0 Å². The van der Waals surface area contributed by atoms with E-state index in [9.17, 15) is 4.79 Å². The van der Waals surface area contributed by atoms with Gasteiger partial charge in [0.2, 0.25) is 5.91 Å².